The van der Waals surface area contributed by atoms with E-state index in [1.54, 1.807) is 6.92 Å². The Balaban J connectivity index is 2.65. The van der Waals surface area contributed by atoms with Gasteiger partial charge in [-0.1, -0.05) is 13.3 Å². The fraction of sp³-hybridized carbons (Fsp3) is 1.00. The number of sulfone groups is 1. The van der Waals surface area contributed by atoms with Crippen LogP contribution >= 0.6 is 0 Å². The number of hydrogen-bond acceptors (Lipinski definition) is 3. The highest BCUT2D eigenvalue weighted by atomic mass is 32.2. The molecule has 1 fully saturated rings. The van der Waals surface area contributed by atoms with E-state index in [1.807, 2.05) is 6.92 Å². The smallest absolute Gasteiger partial charge is 0.152 e. The van der Waals surface area contributed by atoms with Crippen molar-refractivity contribution in [2.75, 3.05) is 6.26 Å². The monoisotopic (exact) mass is 206 g/mol. The summed E-state index contributed by atoms with van der Waals surface area (Å²) in [5, 5.41) is 9.33. The number of rotatable bonds is 4. The van der Waals surface area contributed by atoms with Crippen molar-refractivity contribution >= 4 is 9.84 Å². The van der Waals surface area contributed by atoms with Crippen LogP contribution in [0.25, 0.3) is 0 Å². The molecule has 3 unspecified atom stereocenters. The quantitative estimate of drug-likeness (QED) is 0.745. The Kier molecular flexibility index (Phi) is 2.74. The summed E-state index contributed by atoms with van der Waals surface area (Å²) in [5.41, 5.74) is -0.927. The minimum absolute atomic E-state index is 0.197. The van der Waals surface area contributed by atoms with Crippen LogP contribution < -0.4 is 0 Å². The Morgan fingerprint density at radius 2 is 2.15 bits per heavy atom. The van der Waals surface area contributed by atoms with E-state index in [0.717, 1.165) is 12.8 Å². The van der Waals surface area contributed by atoms with Crippen LogP contribution in [-0.2, 0) is 9.84 Å². The van der Waals surface area contributed by atoms with Crippen molar-refractivity contribution in [1.82, 2.24) is 0 Å². The Morgan fingerprint density at radius 3 is 2.54 bits per heavy atom. The van der Waals surface area contributed by atoms with Crippen LogP contribution in [0.4, 0.5) is 0 Å². The molecule has 0 spiro atoms. The molecule has 0 amide bonds. The maximum Gasteiger partial charge on any atom is 0.152 e. The molecule has 0 saturated heterocycles. The third-order valence-electron chi connectivity index (χ3n) is 3.10. The predicted octanol–water partition coefficient (Wildman–Crippen LogP) is 0.971. The van der Waals surface area contributed by atoms with Gasteiger partial charge in [0, 0.05) is 6.26 Å². The first-order valence-corrected chi connectivity index (χ1v) is 6.69. The molecule has 1 rings (SSSR count). The zero-order valence-electron chi connectivity index (χ0n) is 8.45. The molecular weight excluding hydrogens is 188 g/mol. The van der Waals surface area contributed by atoms with Crippen LogP contribution in [-0.4, -0.2) is 30.6 Å². The van der Waals surface area contributed by atoms with Crippen molar-refractivity contribution in [2.45, 2.75) is 44.0 Å². The lowest BCUT2D eigenvalue weighted by Crippen LogP contribution is -2.34. The average molecular weight is 206 g/mol. The van der Waals surface area contributed by atoms with Gasteiger partial charge in [-0.2, -0.15) is 0 Å². The molecular formula is C9H18O3S. The van der Waals surface area contributed by atoms with Gasteiger partial charge in [-0.3, -0.25) is 0 Å². The largest absolute Gasteiger partial charge is 0.388 e. The highest BCUT2D eigenvalue weighted by Crippen LogP contribution is 2.50. The number of hydrogen-bond donors (Lipinski definition) is 1. The molecule has 78 valence electrons. The Morgan fingerprint density at radius 1 is 1.62 bits per heavy atom. The van der Waals surface area contributed by atoms with Crippen molar-refractivity contribution in [3.8, 4) is 0 Å². The summed E-state index contributed by atoms with van der Waals surface area (Å²) in [7, 11) is -3.10. The molecule has 0 aliphatic heterocycles. The van der Waals surface area contributed by atoms with Crippen LogP contribution in [0.1, 0.15) is 33.1 Å². The van der Waals surface area contributed by atoms with Gasteiger partial charge in [0.1, 0.15) is 0 Å². The van der Waals surface area contributed by atoms with E-state index in [2.05, 4.69) is 0 Å². The topological polar surface area (TPSA) is 54.4 Å². The standard InChI is InChI=1S/C9H18O3S/c1-4-5-8-6-9(8,10)7(2)13(3,11)12/h7-8,10H,4-6H2,1-3H3. The van der Waals surface area contributed by atoms with Crippen molar-refractivity contribution in [3.05, 3.63) is 0 Å². The van der Waals surface area contributed by atoms with Crippen LogP contribution in [0.5, 0.6) is 0 Å². The zero-order valence-corrected chi connectivity index (χ0v) is 9.26. The van der Waals surface area contributed by atoms with Gasteiger partial charge in [0.25, 0.3) is 0 Å². The molecule has 1 saturated carbocycles. The third-order valence-corrected chi connectivity index (χ3v) is 4.80. The van der Waals surface area contributed by atoms with Crippen LogP contribution in [0.3, 0.4) is 0 Å². The molecule has 0 aromatic heterocycles. The van der Waals surface area contributed by atoms with E-state index in [4.69, 9.17) is 0 Å². The molecule has 3 atom stereocenters. The third kappa shape index (κ3) is 2.05. The van der Waals surface area contributed by atoms with Gasteiger partial charge < -0.3 is 5.11 Å². The molecule has 1 N–H and O–H groups in total. The van der Waals surface area contributed by atoms with E-state index in [-0.39, 0.29) is 5.92 Å². The summed E-state index contributed by atoms with van der Waals surface area (Å²) < 4.78 is 22.4. The summed E-state index contributed by atoms with van der Waals surface area (Å²) in [6.07, 6.45) is 3.77. The summed E-state index contributed by atoms with van der Waals surface area (Å²) >= 11 is 0. The van der Waals surface area contributed by atoms with Gasteiger partial charge in [0.15, 0.2) is 9.84 Å². The molecule has 13 heavy (non-hydrogen) atoms. The predicted molar refractivity (Wildman–Crippen MR) is 52.3 cm³/mol. The molecule has 0 aromatic carbocycles. The molecule has 1 aliphatic carbocycles. The van der Waals surface area contributed by atoms with Crippen molar-refractivity contribution in [2.24, 2.45) is 5.92 Å². The van der Waals surface area contributed by atoms with Gasteiger partial charge >= 0.3 is 0 Å². The molecule has 4 heteroatoms. The van der Waals surface area contributed by atoms with Crippen LogP contribution in [0, 0.1) is 5.92 Å². The second-order valence-electron chi connectivity index (χ2n) is 4.15. The fourth-order valence-electron chi connectivity index (χ4n) is 1.90. The van der Waals surface area contributed by atoms with Gasteiger partial charge in [-0.05, 0) is 25.7 Å². The molecule has 0 bridgehead atoms. The Hall–Kier alpha value is -0.0900. The van der Waals surface area contributed by atoms with Gasteiger partial charge in [-0.25, -0.2) is 8.42 Å². The maximum atomic E-state index is 11.2. The Bertz CT molecular complexity index is 283. The molecule has 3 nitrogen and oxygen atoms in total. The van der Waals surface area contributed by atoms with E-state index >= 15 is 0 Å². The first kappa shape index (κ1) is 11.0. The van der Waals surface area contributed by atoms with E-state index in [1.165, 1.54) is 6.26 Å². The van der Waals surface area contributed by atoms with Gasteiger partial charge in [-0.15, -0.1) is 0 Å². The lowest BCUT2D eigenvalue weighted by molar-refractivity contribution is 0.128. The lowest BCUT2D eigenvalue weighted by atomic mass is 10.1. The van der Waals surface area contributed by atoms with Gasteiger partial charge in [0.05, 0.1) is 10.9 Å². The normalized spacial score (nSPS) is 35.8. The zero-order chi connectivity index (χ0) is 10.3. The van der Waals surface area contributed by atoms with Crippen LogP contribution in [0.2, 0.25) is 0 Å². The van der Waals surface area contributed by atoms with Crippen molar-refractivity contribution in [3.63, 3.8) is 0 Å². The Labute approximate surface area is 80.1 Å². The van der Waals surface area contributed by atoms with E-state index < -0.39 is 20.7 Å². The van der Waals surface area contributed by atoms with Crippen molar-refractivity contribution < 1.29 is 13.5 Å². The van der Waals surface area contributed by atoms with E-state index in [9.17, 15) is 13.5 Å². The highest BCUT2D eigenvalue weighted by Gasteiger charge is 2.58. The minimum Gasteiger partial charge on any atom is -0.388 e. The molecule has 1 aliphatic rings. The second kappa shape index (κ2) is 3.24. The SMILES string of the molecule is CCCC1CC1(O)C(C)S(C)(=O)=O. The lowest BCUT2D eigenvalue weighted by Gasteiger charge is -2.17. The van der Waals surface area contributed by atoms with Crippen LogP contribution in [0.15, 0.2) is 0 Å². The first-order valence-electron chi connectivity index (χ1n) is 4.73. The first-order chi connectivity index (χ1) is 5.82. The molecule has 0 radical (unpaired) electrons. The highest BCUT2D eigenvalue weighted by molar-refractivity contribution is 7.91. The molecule has 0 aromatic rings. The van der Waals surface area contributed by atoms with Crippen molar-refractivity contribution in [1.29, 1.82) is 0 Å². The second-order valence-corrected chi connectivity index (χ2v) is 6.52. The van der Waals surface area contributed by atoms with E-state index in [0.29, 0.717) is 6.42 Å². The number of aliphatic hydroxyl groups is 1. The maximum absolute atomic E-state index is 11.2. The fourth-order valence-corrected chi connectivity index (χ4v) is 2.93. The summed E-state index contributed by atoms with van der Waals surface area (Å²) in [4.78, 5) is 0. The summed E-state index contributed by atoms with van der Waals surface area (Å²) in [6.45, 7) is 3.65. The molecule has 0 heterocycles. The van der Waals surface area contributed by atoms with Gasteiger partial charge in [0.2, 0.25) is 0 Å². The minimum atomic E-state index is -3.10. The summed E-state index contributed by atoms with van der Waals surface area (Å²) in [5.74, 6) is 0.197. The average Bonchev–Trinajstić information content (AvgIpc) is 2.61. The summed E-state index contributed by atoms with van der Waals surface area (Å²) in [6, 6.07) is 0.